The van der Waals surface area contributed by atoms with Crippen LogP contribution in [0.1, 0.15) is 23.0 Å². The predicted octanol–water partition coefficient (Wildman–Crippen LogP) is 2.45. The number of imide groups is 1. The molecular weight excluding hydrogens is 272 g/mol. The van der Waals surface area contributed by atoms with E-state index < -0.39 is 0 Å². The molecule has 0 unspecified atom stereocenters. The Kier molecular flexibility index (Phi) is 3.53. The summed E-state index contributed by atoms with van der Waals surface area (Å²) in [5.41, 5.74) is 2.58. The van der Waals surface area contributed by atoms with Crippen molar-refractivity contribution in [1.82, 2.24) is 9.88 Å². The van der Waals surface area contributed by atoms with Crippen molar-refractivity contribution in [1.29, 1.82) is 0 Å². The number of fused-ring (bicyclic) bond motifs is 3. The summed E-state index contributed by atoms with van der Waals surface area (Å²) >= 11 is 1.54. The number of H-pyrrole nitrogens is 1. The first-order valence-electron chi connectivity index (χ1n) is 6.74. The minimum Gasteiger partial charge on any atom is -0.350 e. The highest BCUT2D eigenvalue weighted by molar-refractivity contribution is 7.99. The van der Waals surface area contributed by atoms with Crippen LogP contribution in [0.4, 0.5) is 0 Å². The molecule has 0 radical (unpaired) electrons. The summed E-state index contributed by atoms with van der Waals surface area (Å²) in [5, 5.41) is 1.09. The van der Waals surface area contributed by atoms with Crippen molar-refractivity contribution in [2.75, 3.05) is 18.1 Å². The third-order valence-corrected chi connectivity index (χ3v) is 4.45. The topological polar surface area (TPSA) is 53.2 Å². The van der Waals surface area contributed by atoms with Gasteiger partial charge in [0.2, 0.25) is 5.91 Å². The second-order valence-electron chi connectivity index (χ2n) is 4.76. The molecule has 0 saturated carbocycles. The number of para-hydroxylation sites is 1. The van der Waals surface area contributed by atoms with Gasteiger partial charge in [0, 0.05) is 17.4 Å². The lowest BCUT2D eigenvalue weighted by atomic mass is 10.0. The number of carbonyl (C=O) groups is 2. The lowest BCUT2D eigenvalue weighted by Gasteiger charge is -2.25. The Labute approximate surface area is 121 Å². The quantitative estimate of drug-likeness (QED) is 0.944. The largest absolute Gasteiger partial charge is 0.350 e. The number of carbonyl (C=O) groups excluding carboxylic acids is 2. The molecule has 0 atom stereocenters. The van der Waals surface area contributed by atoms with Crippen molar-refractivity contribution >= 4 is 34.5 Å². The van der Waals surface area contributed by atoms with Crippen LogP contribution in [0.5, 0.6) is 0 Å². The fraction of sp³-hybridized carbons (Fsp3) is 0.333. The van der Waals surface area contributed by atoms with Crippen LogP contribution in [-0.4, -0.2) is 39.7 Å². The molecule has 20 heavy (non-hydrogen) atoms. The van der Waals surface area contributed by atoms with Gasteiger partial charge in [-0.05, 0) is 23.8 Å². The maximum Gasteiger partial charge on any atom is 0.277 e. The SMILES string of the molecule is CCSCC(=O)N1CCc2c([nH]c3ccccc23)C1=O. The number of benzene rings is 1. The minimum absolute atomic E-state index is 0.0915. The lowest BCUT2D eigenvalue weighted by Crippen LogP contribution is -2.43. The molecule has 4 nitrogen and oxygen atoms in total. The molecule has 1 aliphatic rings. The Morgan fingerprint density at radius 2 is 2.20 bits per heavy atom. The lowest BCUT2D eigenvalue weighted by molar-refractivity contribution is -0.126. The molecule has 0 fully saturated rings. The first-order chi connectivity index (χ1) is 9.72. The van der Waals surface area contributed by atoms with Crippen LogP contribution >= 0.6 is 11.8 Å². The standard InChI is InChI=1S/C15H16N2O2S/c1-2-20-9-13(18)17-8-7-11-10-5-3-4-6-12(10)16-14(11)15(17)19/h3-6,16H,2,7-9H2,1H3. The molecule has 1 aromatic heterocycles. The molecule has 1 aliphatic heterocycles. The molecular formula is C15H16N2O2S. The Morgan fingerprint density at radius 3 is 3.00 bits per heavy atom. The zero-order chi connectivity index (χ0) is 14.1. The average Bonchev–Trinajstić information content (AvgIpc) is 2.85. The number of nitrogens with one attached hydrogen (secondary N) is 1. The van der Waals surface area contributed by atoms with Crippen molar-refractivity contribution in [2.45, 2.75) is 13.3 Å². The van der Waals surface area contributed by atoms with Gasteiger partial charge in [0.05, 0.1) is 5.75 Å². The monoisotopic (exact) mass is 288 g/mol. The average molecular weight is 288 g/mol. The summed E-state index contributed by atoms with van der Waals surface area (Å²) in [6.07, 6.45) is 0.730. The summed E-state index contributed by atoms with van der Waals surface area (Å²) < 4.78 is 0. The molecule has 5 heteroatoms. The smallest absolute Gasteiger partial charge is 0.277 e. The second kappa shape index (κ2) is 5.32. The number of amides is 2. The zero-order valence-electron chi connectivity index (χ0n) is 11.3. The van der Waals surface area contributed by atoms with Gasteiger partial charge in [0.15, 0.2) is 0 Å². The highest BCUT2D eigenvalue weighted by Gasteiger charge is 2.31. The van der Waals surface area contributed by atoms with Gasteiger partial charge in [-0.25, -0.2) is 0 Å². The van der Waals surface area contributed by atoms with E-state index in [-0.39, 0.29) is 11.8 Å². The van der Waals surface area contributed by atoms with Crippen molar-refractivity contribution < 1.29 is 9.59 Å². The molecule has 0 spiro atoms. The first kappa shape index (κ1) is 13.2. The van der Waals surface area contributed by atoms with E-state index in [2.05, 4.69) is 4.98 Å². The second-order valence-corrected chi connectivity index (χ2v) is 6.04. The fourth-order valence-electron chi connectivity index (χ4n) is 2.61. The van der Waals surface area contributed by atoms with E-state index in [0.717, 1.165) is 28.6 Å². The number of thioether (sulfide) groups is 1. The van der Waals surface area contributed by atoms with Crippen LogP contribution in [0, 0.1) is 0 Å². The Morgan fingerprint density at radius 1 is 1.40 bits per heavy atom. The predicted molar refractivity (Wildman–Crippen MR) is 81.0 cm³/mol. The molecule has 1 N–H and O–H groups in total. The Bertz CT molecular complexity index is 678. The number of hydrogen-bond donors (Lipinski definition) is 1. The molecule has 1 aromatic carbocycles. The van der Waals surface area contributed by atoms with E-state index in [0.29, 0.717) is 18.0 Å². The van der Waals surface area contributed by atoms with E-state index >= 15 is 0 Å². The highest BCUT2D eigenvalue weighted by atomic mass is 32.2. The molecule has 2 aromatic rings. The van der Waals surface area contributed by atoms with Gasteiger partial charge in [-0.2, -0.15) is 11.8 Å². The zero-order valence-corrected chi connectivity index (χ0v) is 12.1. The van der Waals surface area contributed by atoms with Gasteiger partial charge in [-0.1, -0.05) is 25.1 Å². The maximum absolute atomic E-state index is 12.5. The van der Waals surface area contributed by atoms with Gasteiger partial charge >= 0.3 is 0 Å². The fourth-order valence-corrected chi connectivity index (χ4v) is 3.14. The Balaban J connectivity index is 1.93. The van der Waals surface area contributed by atoms with E-state index in [1.54, 1.807) is 11.8 Å². The Hall–Kier alpha value is -1.75. The van der Waals surface area contributed by atoms with E-state index in [1.807, 2.05) is 31.2 Å². The molecule has 2 amide bonds. The van der Waals surface area contributed by atoms with Gasteiger partial charge in [0.1, 0.15) is 5.69 Å². The molecule has 0 saturated heterocycles. The van der Waals surface area contributed by atoms with E-state index in [1.165, 1.54) is 4.90 Å². The molecule has 0 bridgehead atoms. The van der Waals surface area contributed by atoms with Crippen molar-refractivity contribution in [2.24, 2.45) is 0 Å². The number of rotatable bonds is 3. The summed E-state index contributed by atoms with van der Waals surface area (Å²) in [4.78, 5) is 29.1. The molecule has 3 rings (SSSR count). The summed E-state index contributed by atoms with van der Waals surface area (Å²) in [5.74, 6) is 0.971. The van der Waals surface area contributed by atoms with Gasteiger partial charge in [-0.15, -0.1) is 0 Å². The summed E-state index contributed by atoms with van der Waals surface area (Å²) in [6.45, 7) is 2.49. The number of aromatic amines is 1. The molecule has 104 valence electrons. The van der Waals surface area contributed by atoms with Crippen LogP contribution in [-0.2, 0) is 11.2 Å². The van der Waals surface area contributed by atoms with Gasteiger partial charge < -0.3 is 4.98 Å². The first-order valence-corrected chi connectivity index (χ1v) is 7.90. The number of nitrogens with zero attached hydrogens (tertiary/aromatic N) is 1. The summed E-state index contributed by atoms with van der Waals surface area (Å²) in [7, 11) is 0. The van der Waals surface area contributed by atoms with E-state index in [9.17, 15) is 9.59 Å². The highest BCUT2D eigenvalue weighted by Crippen LogP contribution is 2.27. The van der Waals surface area contributed by atoms with Crippen LogP contribution < -0.4 is 0 Å². The van der Waals surface area contributed by atoms with Gasteiger partial charge in [-0.3, -0.25) is 14.5 Å². The van der Waals surface area contributed by atoms with Crippen LogP contribution in [0.15, 0.2) is 24.3 Å². The van der Waals surface area contributed by atoms with Gasteiger partial charge in [0.25, 0.3) is 5.91 Å². The summed E-state index contributed by atoms with van der Waals surface area (Å²) in [6, 6.07) is 7.88. The number of hydrogen-bond acceptors (Lipinski definition) is 3. The third-order valence-electron chi connectivity index (χ3n) is 3.59. The molecule has 2 heterocycles. The van der Waals surface area contributed by atoms with Crippen molar-refractivity contribution in [3.8, 4) is 0 Å². The van der Waals surface area contributed by atoms with Crippen molar-refractivity contribution in [3.63, 3.8) is 0 Å². The number of aromatic nitrogens is 1. The third kappa shape index (κ3) is 2.12. The van der Waals surface area contributed by atoms with E-state index in [4.69, 9.17) is 0 Å². The minimum atomic E-state index is -0.191. The van der Waals surface area contributed by atoms with Crippen LogP contribution in [0.3, 0.4) is 0 Å². The maximum atomic E-state index is 12.5. The normalized spacial score (nSPS) is 14.7. The van der Waals surface area contributed by atoms with Crippen molar-refractivity contribution in [3.05, 3.63) is 35.5 Å². The molecule has 0 aliphatic carbocycles. The van der Waals surface area contributed by atoms with Crippen LogP contribution in [0.2, 0.25) is 0 Å². The van der Waals surface area contributed by atoms with Crippen LogP contribution in [0.25, 0.3) is 10.9 Å².